The minimum absolute atomic E-state index is 0. The van der Waals surface area contributed by atoms with E-state index in [0.29, 0.717) is 44.2 Å². The van der Waals surface area contributed by atoms with Crippen LogP contribution >= 0.6 is 24.0 Å². The van der Waals surface area contributed by atoms with Crippen LogP contribution in [-0.2, 0) is 11.2 Å². The number of piperidine rings is 1. The zero-order valence-electron chi connectivity index (χ0n) is 15.6. The molecular weight excluding hydrogens is 469 g/mol. The van der Waals surface area contributed by atoms with Crippen molar-refractivity contribution in [2.75, 3.05) is 33.3 Å². The van der Waals surface area contributed by atoms with Crippen molar-refractivity contribution in [3.8, 4) is 0 Å². The highest BCUT2D eigenvalue weighted by molar-refractivity contribution is 14.0. The third kappa shape index (κ3) is 7.11. The number of nitrogens with one attached hydrogen (secondary N) is 2. The summed E-state index contributed by atoms with van der Waals surface area (Å²) in [6.07, 6.45) is 1.66. The largest absolute Gasteiger partial charge is 0.450 e. The van der Waals surface area contributed by atoms with Crippen LogP contribution < -0.4 is 10.6 Å². The van der Waals surface area contributed by atoms with Gasteiger partial charge >= 0.3 is 6.09 Å². The summed E-state index contributed by atoms with van der Waals surface area (Å²) in [5, 5.41) is 6.41. The van der Waals surface area contributed by atoms with Crippen molar-refractivity contribution in [3.05, 3.63) is 35.4 Å². The lowest BCUT2D eigenvalue weighted by atomic mass is 10.1. The molecule has 1 aliphatic heterocycles. The Balaban J connectivity index is 0.00000364. The number of aliphatic imine (C=N–C) groups is 1. The summed E-state index contributed by atoms with van der Waals surface area (Å²) in [6, 6.07) is 4.37. The number of rotatable bonds is 5. The molecule has 0 unspecified atom stereocenters. The number of nitrogens with zero attached hydrogens (tertiary/aromatic N) is 2. The first-order chi connectivity index (χ1) is 12.5. The van der Waals surface area contributed by atoms with Crippen molar-refractivity contribution in [1.82, 2.24) is 15.5 Å². The molecule has 1 amide bonds. The highest BCUT2D eigenvalue weighted by Gasteiger charge is 2.24. The smallest absolute Gasteiger partial charge is 0.409 e. The summed E-state index contributed by atoms with van der Waals surface area (Å²) in [5.41, 5.74) is 0.329. The Kier molecular flexibility index (Phi) is 10.3. The second kappa shape index (κ2) is 11.9. The number of hydrogen-bond donors (Lipinski definition) is 2. The maximum atomic E-state index is 13.6. The average Bonchev–Trinajstić information content (AvgIpc) is 2.65. The zero-order chi connectivity index (χ0) is 18.9. The van der Waals surface area contributed by atoms with Gasteiger partial charge in [0.15, 0.2) is 17.6 Å². The molecule has 0 aromatic heterocycles. The summed E-state index contributed by atoms with van der Waals surface area (Å²) >= 11 is 0. The molecule has 0 saturated carbocycles. The predicted molar refractivity (Wildman–Crippen MR) is 112 cm³/mol. The summed E-state index contributed by atoms with van der Waals surface area (Å²) < 4.78 is 31.9. The predicted octanol–water partition coefficient (Wildman–Crippen LogP) is 2.91. The molecule has 1 fully saturated rings. The standard InChI is InChI=1S/C18H26F2N4O2.HI/c1-3-26-18(25)24-11-8-14(9-12-24)23-17(21-2)22-10-7-13-5-4-6-15(19)16(13)20;/h4-6,14H,3,7-12H2,1-2H3,(H2,21,22,23);1H. The molecule has 1 heterocycles. The fourth-order valence-corrected chi connectivity index (χ4v) is 2.87. The van der Waals surface area contributed by atoms with Crippen LogP contribution in [0.25, 0.3) is 0 Å². The quantitative estimate of drug-likeness (QED) is 0.374. The van der Waals surface area contributed by atoms with E-state index in [1.54, 1.807) is 24.9 Å². The van der Waals surface area contributed by atoms with Crippen molar-refractivity contribution in [1.29, 1.82) is 0 Å². The van der Waals surface area contributed by atoms with Crippen molar-refractivity contribution < 1.29 is 18.3 Å². The number of carbonyl (C=O) groups is 1. The Morgan fingerprint density at radius 2 is 2.04 bits per heavy atom. The second-order valence-corrected chi connectivity index (χ2v) is 6.07. The maximum absolute atomic E-state index is 13.6. The fraction of sp³-hybridized carbons (Fsp3) is 0.556. The van der Waals surface area contributed by atoms with Crippen LogP contribution in [0.4, 0.5) is 13.6 Å². The number of ether oxygens (including phenoxy) is 1. The van der Waals surface area contributed by atoms with Crippen molar-refractivity contribution >= 4 is 36.0 Å². The van der Waals surface area contributed by atoms with Gasteiger partial charge in [0.05, 0.1) is 6.61 Å². The highest BCUT2D eigenvalue weighted by Crippen LogP contribution is 2.12. The SMILES string of the molecule is CCOC(=O)N1CCC(NC(=NC)NCCc2cccc(F)c2F)CC1.I. The molecule has 2 N–H and O–H groups in total. The van der Waals surface area contributed by atoms with Crippen molar-refractivity contribution in [3.63, 3.8) is 0 Å². The van der Waals surface area contributed by atoms with Gasteiger partial charge in [-0.1, -0.05) is 12.1 Å². The van der Waals surface area contributed by atoms with Gasteiger partial charge in [0.25, 0.3) is 0 Å². The van der Waals surface area contributed by atoms with Crippen molar-refractivity contribution in [2.45, 2.75) is 32.2 Å². The van der Waals surface area contributed by atoms with Gasteiger partial charge in [0.1, 0.15) is 0 Å². The number of likely N-dealkylation sites (tertiary alicyclic amines) is 1. The molecule has 0 radical (unpaired) electrons. The zero-order valence-corrected chi connectivity index (χ0v) is 18.0. The third-order valence-electron chi connectivity index (χ3n) is 4.30. The van der Waals surface area contributed by atoms with Crippen molar-refractivity contribution in [2.24, 2.45) is 4.99 Å². The van der Waals surface area contributed by atoms with Gasteiger partial charge in [-0.15, -0.1) is 24.0 Å². The molecule has 1 aromatic carbocycles. The van der Waals surface area contributed by atoms with Gasteiger partial charge < -0.3 is 20.3 Å². The summed E-state index contributed by atoms with van der Waals surface area (Å²) in [6.45, 7) is 3.85. The number of carbonyl (C=O) groups excluding carboxylic acids is 1. The highest BCUT2D eigenvalue weighted by atomic mass is 127. The van der Waals surface area contributed by atoms with Crippen LogP contribution in [0, 0.1) is 11.6 Å². The first kappa shape index (κ1) is 23.4. The van der Waals surface area contributed by atoms with Gasteiger partial charge in [-0.2, -0.15) is 0 Å². The molecule has 6 nitrogen and oxygen atoms in total. The third-order valence-corrected chi connectivity index (χ3v) is 4.30. The number of guanidine groups is 1. The lowest BCUT2D eigenvalue weighted by molar-refractivity contribution is 0.0963. The molecule has 1 saturated heterocycles. The van der Waals surface area contributed by atoms with E-state index in [1.165, 1.54) is 6.07 Å². The second-order valence-electron chi connectivity index (χ2n) is 6.07. The molecule has 0 bridgehead atoms. The van der Waals surface area contributed by atoms with Gasteiger partial charge in [-0.3, -0.25) is 4.99 Å². The number of halogens is 3. The Morgan fingerprint density at radius 3 is 2.67 bits per heavy atom. The Morgan fingerprint density at radius 1 is 1.33 bits per heavy atom. The topological polar surface area (TPSA) is 66.0 Å². The lowest BCUT2D eigenvalue weighted by Gasteiger charge is -2.32. The van der Waals surface area contributed by atoms with E-state index < -0.39 is 11.6 Å². The van der Waals surface area contributed by atoms with E-state index in [4.69, 9.17) is 4.74 Å². The minimum atomic E-state index is -0.835. The van der Waals surface area contributed by atoms with Crippen LogP contribution in [-0.4, -0.2) is 56.3 Å². The number of benzene rings is 1. The van der Waals surface area contributed by atoms with E-state index in [-0.39, 0.29) is 36.1 Å². The first-order valence-corrected chi connectivity index (χ1v) is 8.87. The molecule has 27 heavy (non-hydrogen) atoms. The monoisotopic (exact) mass is 496 g/mol. The molecule has 9 heteroatoms. The summed E-state index contributed by atoms with van der Waals surface area (Å²) in [4.78, 5) is 17.6. The first-order valence-electron chi connectivity index (χ1n) is 8.87. The number of amides is 1. The Hall–Kier alpha value is -1.65. The Bertz CT molecular complexity index is 638. The molecule has 0 atom stereocenters. The van der Waals surface area contributed by atoms with Crippen LogP contribution in [0.2, 0.25) is 0 Å². The minimum Gasteiger partial charge on any atom is -0.450 e. The number of hydrogen-bond acceptors (Lipinski definition) is 3. The fourth-order valence-electron chi connectivity index (χ4n) is 2.87. The summed E-state index contributed by atoms with van der Waals surface area (Å²) in [7, 11) is 1.66. The lowest BCUT2D eigenvalue weighted by Crippen LogP contribution is -2.50. The van der Waals surface area contributed by atoms with E-state index >= 15 is 0 Å². The van der Waals surface area contributed by atoms with Crippen LogP contribution in [0.5, 0.6) is 0 Å². The van der Waals surface area contributed by atoms with Crippen LogP contribution in [0.3, 0.4) is 0 Å². The normalized spacial score (nSPS) is 15.1. The van der Waals surface area contributed by atoms with Gasteiger partial charge in [-0.25, -0.2) is 13.6 Å². The van der Waals surface area contributed by atoms with E-state index in [0.717, 1.165) is 18.9 Å². The average molecular weight is 496 g/mol. The van der Waals surface area contributed by atoms with Crippen LogP contribution in [0.1, 0.15) is 25.3 Å². The van der Waals surface area contributed by atoms with Gasteiger partial charge in [0.2, 0.25) is 0 Å². The van der Waals surface area contributed by atoms with Gasteiger partial charge in [-0.05, 0) is 37.8 Å². The van der Waals surface area contributed by atoms with Crippen LogP contribution in [0.15, 0.2) is 23.2 Å². The Labute approximate surface area is 175 Å². The summed E-state index contributed by atoms with van der Waals surface area (Å²) in [5.74, 6) is -1.03. The maximum Gasteiger partial charge on any atom is 0.409 e. The van der Waals surface area contributed by atoms with E-state index in [9.17, 15) is 13.6 Å². The molecule has 0 spiro atoms. The molecular formula is C18H27F2IN4O2. The molecule has 1 aliphatic rings. The van der Waals surface area contributed by atoms with E-state index in [2.05, 4.69) is 15.6 Å². The molecule has 152 valence electrons. The van der Waals surface area contributed by atoms with Gasteiger partial charge in [0, 0.05) is 32.7 Å². The molecule has 0 aliphatic carbocycles. The molecule has 2 rings (SSSR count). The molecule has 1 aromatic rings. The van der Waals surface area contributed by atoms with E-state index in [1.807, 2.05) is 0 Å².